The largest absolute Gasteiger partial charge is 0.496 e. The van der Waals surface area contributed by atoms with E-state index in [0.29, 0.717) is 30.3 Å². The molecule has 4 atom stereocenters. The Kier molecular flexibility index (Phi) is 8.84. The van der Waals surface area contributed by atoms with E-state index in [4.69, 9.17) is 14.2 Å². The molecule has 4 rings (SSSR count). The molecule has 0 N–H and O–H groups in total. The van der Waals surface area contributed by atoms with Crippen molar-refractivity contribution in [2.45, 2.75) is 31.8 Å². The molecule has 0 amide bonds. The number of hydrogen-bond donors (Lipinski definition) is 0. The van der Waals surface area contributed by atoms with Crippen LogP contribution in [0.25, 0.3) is 0 Å². The lowest BCUT2D eigenvalue weighted by Gasteiger charge is -2.47. The van der Waals surface area contributed by atoms with Crippen LogP contribution < -0.4 is 9.47 Å². The van der Waals surface area contributed by atoms with Crippen molar-refractivity contribution in [2.75, 3.05) is 41.0 Å². The van der Waals surface area contributed by atoms with Crippen molar-refractivity contribution in [3.63, 3.8) is 0 Å². The first-order valence-electron chi connectivity index (χ1n) is 12.7. The van der Waals surface area contributed by atoms with Gasteiger partial charge in [-0.2, -0.15) is 0 Å². The normalized spacial score (nSPS) is 20.3. The van der Waals surface area contributed by atoms with Crippen LogP contribution in [0.3, 0.4) is 0 Å². The zero-order valence-corrected chi connectivity index (χ0v) is 21.5. The predicted molar refractivity (Wildman–Crippen MR) is 142 cm³/mol. The highest BCUT2D eigenvalue weighted by molar-refractivity contribution is 5.46. The van der Waals surface area contributed by atoms with Gasteiger partial charge in [-0.25, -0.2) is 0 Å². The molecule has 0 saturated heterocycles. The van der Waals surface area contributed by atoms with Gasteiger partial charge >= 0.3 is 0 Å². The fourth-order valence-corrected chi connectivity index (χ4v) is 5.66. The first-order chi connectivity index (χ1) is 17.1. The standard InChI is InChI=1S/C31H39NO3/c1-23(21-35-22-24-12-6-5-7-13-24)19-32(2)20-25-18-28(26-14-8-10-16-29(26)33-3)31(25)27-15-9-11-17-30(27)34-4/h5-17,23,25,28,31H,18-22H2,1-4H3/t23-,25?,28?,31?/m1/s1. The number of methoxy groups -OCH3 is 2. The summed E-state index contributed by atoms with van der Waals surface area (Å²) in [6.45, 7) is 5.79. The molecule has 4 nitrogen and oxygen atoms in total. The molecular weight excluding hydrogens is 434 g/mol. The van der Waals surface area contributed by atoms with Gasteiger partial charge in [-0.05, 0) is 66.0 Å². The van der Waals surface area contributed by atoms with Crippen molar-refractivity contribution in [3.8, 4) is 11.5 Å². The lowest BCUT2D eigenvalue weighted by Crippen LogP contribution is -2.42. The van der Waals surface area contributed by atoms with Crippen LogP contribution in [0.4, 0.5) is 0 Å². The number of nitrogens with zero attached hydrogens (tertiary/aromatic N) is 1. The Morgan fingerprint density at radius 2 is 1.43 bits per heavy atom. The number of benzene rings is 3. The van der Waals surface area contributed by atoms with E-state index in [0.717, 1.165) is 37.6 Å². The number of para-hydroxylation sites is 2. The van der Waals surface area contributed by atoms with Crippen molar-refractivity contribution in [2.24, 2.45) is 11.8 Å². The smallest absolute Gasteiger partial charge is 0.122 e. The van der Waals surface area contributed by atoms with E-state index in [1.54, 1.807) is 14.2 Å². The zero-order chi connectivity index (χ0) is 24.6. The van der Waals surface area contributed by atoms with Gasteiger partial charge in [-0.1, -0.05) is 73.7 Å². The van der Waals surface area contributed by atoms with Gasteiger partial charge in [0.1, 0.15) is 11.5 Å². The number of hydrogen-bond acceptors (Lipinski definition) is 4. The second kappa shape index (κ2) is 12.2. The van der Waals surface area contributed by atoms with E-state index < -0.39 is 0 Å². The monoisotopic (exact) mass is 473 g/mol. The SMILES string of the molecule is COc1ccccc1C1CC(CN(C)C[C@@H](C)COCc2ccccc2)C1c1ccccc1OC. The van der Waals surface area contributed by atoms with Crippen LogP contribution >= 0.6 is 0 Å². The average molecular weight is 474 g/mol. The molecule has 0 radical (unpaired) electrons. The van der Waals surface area contributed by atoms with Crippen molar-refractivity contribution < 1.29 is 14.2 Å². The highest BCUT2D eigenvalue weighted by Crippen LogP contribution is 2.57. The Bertz CT molecular complexity index is 1050. The van der Waals surface area contributed by atoms with Crippen molar-refractivity contribution in [1.82, 2.24) is 4.90 Å². The zero-order valence-electron chi connectivity index (χ0n) is 21.5. The Hall–Kier alpha value is -2.82. The van der Waals surface area contributed by atoms with Gasteiger partial charge < -0.3 is 19.1 Å². The molecule has 186 valence electrons. The van der Waals surface area contributed by atoms with Gasteiger partial charge in [0.25, 0.3) is 0 Å². The topological polar surface area (TPSA) is 30.9 Å². The minimum absolute atomic E-state index is 0.398. The highest BCUT2D eigenvalue weighted by Gasteiger charge is 2.45. The molecule has 0 bridgehead atoms. The molecule has 1 fully saturated rings. The molecule has 0 heterocycles. The lowest BCUT2D eigenvalue weighted by atomic mass is 9.59. The van der Waals surface area contributed by atoms with Crippen molar-refractivity contribution in [3.05, 3.63) is 95.6 Å². The van der Waals surface area contributed by atoms with Crippen LogP contribution in [0, 0.1) is 11.8 Å². The first kappa shape index (κ1) is 25.3. The van der Waals surface area contributed by atoms with Gasteiger partial charge in [0.2, 0.25) is 0 Å². The third-order valence-corrected chi connectivity index (χ3v) is 7.22. The van der Waals surface area contributed by atoms with Crippen LogP contribution in [0.2, 0.25) is 0 Å². The highest BCUT2D eigenvalue weighted by atomic mass is 16.5. The summed E-state index contributed by atoms with van der Waals surface area (Å²) in [5.41, 5.74) is 3.83. The fourth-order valence-electron chi connectivity index (χ4n) is 5.66. The summed E-state index contributed by atoms with van der Waals surface area (Å²) in [6.07, 6.45) is 1.15. The molecule has 1 aliphatic carbocycles. The molecule has 0 spiro atoms. The van der Waals surface area contributed by atoms with E-state index in [-0.39, 0.29) is 0 Å². The quantitative estimate of drug-likeness (QED) is 0.306. The van der Waals surface area contributed by atoms with E-state index in [2.05, 4.69) is 85.6 Å². The first-order valence-corrected chi connectivity index (χ1v) is 12.7. The minimum atomic E-state index is 0.398. The summed E-state index contributed by atoms with van der Waals surface area (Å²) in [5.74, 6) is 3.81. The van der Waals surface area contributed by atoms with Crippen LogP contribution in [0.1, 0.15) is 41.9 Å². The maximum absolute atomic E-state index is 5.99. The molecule has 4 heteroatoms. The summed E-state index contributed by atoms with van der Waals surface area (Å²) >= 11 is 0. The van der Waals surface area contributed by atoms with Crippen molar-refractivity contribution >= 4 is 0 Å². The molecule has 35 heavy (non-hydrogen) atoms. The van der Waals surface area contributed by atoms with E-state index >= 15 is 0 Å². The summed E-state index contributed by atoms with van der Waals surface area (Å²) in [4.78, 5) is 2.47. The molecule has 1 aliphatic rings. The summed E-state index contributed by atoms with van der Waals surface area (Å²) < 4.78 is 17.5. The molecule has 1 saturated carbocycles. The van der Waals surface area contributed by atoms with Crippen LogP contribution in [0.15, 0.2) is 78.9 Å². The van der Waals surface area contributed by atoms with E-state index in [1.165, 1.54) is 16.7 Å². The summed E-state index contributed by atoms with van der Waals surface area (Å²) in [7, 11) is 5.78. The van der Waals surface area contributed by atoms with Gasteiger partial charge in [-0.3, -0.25) is 0 Å². The molecule has 0 aromatic heterocycles. The van der Waals surface area contributed by atoms with Gasteiger partial charge in [0, 0.05) is 13.1 Å². The molecule has 0 aliphatic heterocycles. The van der Waals surface area contributed by atoms with Gasteiger partial charge in [-0.15, -0.1) is 0 Å². The number of rotatable bonds is 12. The molecule has 3 aromatic rings. The second-order valence-electron chi connectivity index (χ2n) is 9.94. The molecule has 3 aromatic carbocycles. The second-order valence-corrected chi connectivity index (χ2v) is 9.94. The predicted octanol–water partition coefficient (Wildman–Crippen LogP) is 6.38. The minimum Gasteiger partial charge on any atom is -0.496 e. The Labute approximate surface area is 210 Å². The van der Waals surface area contributed by atoms with E-state index in [9.17, 15) is 0 Å². The lowest BCUT2D eigenvalue weighted by molar-refractivity contribution is 0.0705. The van der Waals surface area contributed by atoms with Crippen LogP contribution in [0.5, 0.6) is 11.5 Å². The Morgan fingerprint density at radius 3 is 2.11 bits per heavy atom. The maximum Gasteiger partial charge on any atom is 0.122 e. The fraction of sp³-hybridized carbons (Fsp3) is 0.419. The summed E-state index contributed by atoms with van der Waals surface area (Å²) in [6, 6.07) is 27.3. The average Bonchev–Trinajstić information content (AvgIpc) is 2.87. The maximum atomic E-state index is 5.99. The molecular formula is C31H39NO3. The molecule has 3 unspecified atom stereocenters. The third kappa shape index (κ3) is 6.25. The van der Waals surface area contributed by atoms with Gasteiger partial charge in [0.05, 0.1) is 27.4 Å². The van der Waals surface area contributed by atoms with Crippen LogP contribution in [-0.2, 0) is 11.3 Å². The van der Waals surface area contributed by atoms with Crippen LogP contribution in [-0.4, -0.2) is 45.9 Å². The number of ether oxygens (including phenoxy) is 3. The Morgan fingerprint density at radius 1 is 0.829 bits per heavy atom. The van der Waals surface area contributed by atoms with Crippen molar-refractivity contribution in [1.29, 1.82) is 0 Å². The van der Waals surface area contributed by atoms with E-state index in [1.807, 2.05) is 12.1 Å². The van der Waals surface area contributed by atoms with Gasteiger partial charge in [0.15, 0.2) is 0 Å². The summed E-state index contributed by atoms with van der Waals surface area (Å²) in [5, 5.41) is 0. The Balaban J connectivity index is 1.40. The third-order valence-electron chi connectivity index (χ3n) is 7.22.